The molecule has 0 fully saturated rings. The van der Waals surface area contributed by atoms with E-state index in [2.05, 4.69) is 36.3 Å². The van der Waals surface area contributed by atoms with Crippen molar-refractivity contribution in [2.24, 2.45) is 0 Å². The van der Waals surface area contributed by atoms with Gasteiger partial charge in [0.15, 0.2) is 0 Å². The number of carbonyl (C=O) groups excluding carboxylic acids is 1. The first-order valence-corrected chi connectivity index (χ1v) is 8.99. The molecule has 8 heteroatoms. The van der Waals surface area contributed by atoms with E-state index < -0.39 is 0 Å². The maximum absolute atomic E-state index is 12.5. The van der Waals surface area contributed by atoms with E-state index in [0.29, 0.717) is 29.2 Å². The second-order valence-corrected chi connectivity index (χ2v) is 6.77. The highest BCUT2D eigenvalue weighted by molar-refractivity contribution is 9.10. The van der Waals surface area contributed by atoms with Crippen molar-refractivity contribution in [3.63, 3.8) is 0 Å². The van der Waals surface area contributed by atoms with Crippen molar-refractivity contribution in [3.8, 4) is 5.95 Å². The summed E-state index contributed by atoms with van der Waals surface area (Å²) in [6.45, 7) is 3.82. The summed E-state index contributed by atoms with van der Waals surface area (Å²) < 4.78 is 2.33. The molecule has 7 nitrogen and oxygen atoms in total. The number of aryl methyl sites for hydroxylation is 2. The number of amides is 1. The summed E-state index contributed by atoms with van der Waals surface area (Å²) in [4.78, 5) is 31.5. The Bertz CT molecular complexity index is 992. The maximum Gasteiger partial charge on any atom is 0.256 e. The van der Waals surface area contributed by atoms with Crippen LogP contribution in [0.1, 0.15) is 35.1 Å². The molecule has 0 spiro atoms. The molecule has 0 aliphatic rings. The Labute approximate surface area is 158 Å². The summed E-state index contributed by atoms with van der Waals surface area (Å²) in [6.07, 6.45) is 1.57. The van der Waals surface area contributed by atoms with Gasteiger partial charge in [-0.3, -0.25) is 14.6 Å². The number of benzene rings is 1. The molecule has 1 aromatic carbocycles. The second-order valence-electron chi connectivity index (χ2n) is 5.85. The lowest BCUT2D eigenvalue weighted by atomic mass is 10.2. The molecule has 26 heavy (non-hydrogen) atoms. The SMILES string of the molecule is CCCc1cc(=O)[nH]c(-n2nc(C)cc2NC(=O)c2ccc(Br)cc2)n1. The van der Waals surface area contributed by atoms with E-state index in [1.165, 1.54) is 10.7 Å². The van der Waals surface area contributed by atoms with Gasteiger partial charge in [-0.15, -0.1) is 0 Å². The molecule has 2 N–H and O–H groups in total. The van der Waals surface area contributed by atoms with Crippen LogP contribution in [0.4, 0.5) is 5.82 Å². The van der Waals surface area contributed by atoms with Crippen molar-refractivity contribution in [2.45, 2.75) is 26.7 Å². The van der Waals surface area contributed by atoms with Crippen LogP contribution < -0.4 is 10.9 Å². The topological polar surface area (TPSA) is 92.7 Å². The largest absolute Gasteiger partial charge is 0.306 e. The van der Waals surface area contributed by atoms with E-state index in [4.69, 9.17) is 0 Å². The van der Waals surface area contributed by atoms with Crippen molar-refractivity contribution in [1.29, 1.82) is 0 Å². The van der Waals surface area contributed by atoms with E-state index in [9.17, 15) is 9.59 Å². The summed E-state index contributed by atoms with van der Waals surface area (Å²) in [6, 6.07) is 10.2. The lowest BCUT2D eigenvalue weighted by Gasteiger charge is -2.09. The van der Waals surface area contributed by atoms with Crippen LogP contribution in [0, 0.1) is 6.92 Å². The summed E-state index contributed by atoms with van der Waals surface area (Å²) >= 11 is 3.35. The first kappa shape index (κ1) is 18.1. The van der Waals surface area contributed by atoms with Gasteiger partial charge >= 0.3 is 0 Å². The number of nitrogens with zero attached hydrogens (tertiary/aromatic N) is 3. The molecule has 134 valence electrons. The number of hydrogen-bond acceptors (Lipinski definition) is 4. The minimum absolute atomic E-state index is 0.253. The molecule has 1 amide bonds. The van der Waals surface area contributed by atoms with Crippen molar-refractivity contribution < 1.29 is 4.79 Å². The van der Waals surface area contributed by atoms with Crippen molar-refractivity contribution in [3.05, 3.63) is 68.2 Å². The van der Waals surface area contributed by atoms with Gasteiger partial charge in [-0.05, 0) is 37.6 Å². The maximum atomic E-state index is 12.5. The van der Waals surface area contributed by atoms with Crippen molar-refractivity contribution in [1.82, 2.24) is 19.7 Å². The fraction of sp³-hybridized carbons (Fsp3) is 0.222. The number of anilines is 1. The second kappa shape index (κ2) is 7.65. The highest BCUT2D eigenvalue weighted by atomic mass is 79.9. The molecule has 0 aliphatic carbocycles. The van der Waals surface area contributed by atoms with E-state index in [1.54, 1.807) is 37.3 Å². The van der Waals surface area contributed by atoms with Crippen LogP contribution >= 0.6 is 15.9 Å². The fourth-order valence-corrected chi connectivity index (χ4v) is 2.78. The van der Waals surface area contributed by atoms with Gasteiger partial charge in [0, 0.05) is 27.9 Å². The zero-order chi connectivity index (χ0) is 18.7. The van der Waals surface area contributed by atoms with Crippen LogP contribution in [0.3, 0.4) is 0 Å². The molecular weight excluding hydrogens is 398 g/mol. The van der Waals surface area contributed by atoms with Crippen LogP contribution in [0.15, 0.2) is 45.7 Å². The average Bonchev–Trinajstić information content (AvgIpc) is 2.95. The standard InChI is InChI=1S/C18H18BrN5O2/c1-3-4-14-10-16(25)22-18(20-14)24-15(9-11(2)23-24)21-17(26)12-5-7-13(19)8-6-12/h5-10H,3-4H2,1-2H3,(H,21,26)(H,20,22,25). The molecule has 0 saturated carbocycles. The Morgan fingerprint density at radius 2 is 2.00 bits per heavy atom. The summed E-state index contributed by atoms with van der Waals surface area (Å²) in [5.41, 5.74) is 1.64. The van der Waals surface area contributed by atoms with Crippen LogP contribution in [0.25, 0.3) is 5.95 Å². The summed E-state index contributed by atoms with van der Waals surface area (Å²) in [5, 5.41) is 7.17. The first-order valence-electron chi connectivity index (χ1n) is 8.20. The molecule has 0 radical (unpaired) electrons. The molecule has 2 heterocycles. The normalized spacial score (nSPS) is 10.7. The smallest absolute Gasteiger partial charge is 0.256 e. The van der Waals surface area contributed by atoms with Crippen molar-refractivity contribution in [2.75, 3.05) is 5.32 Å². The molecule has 0 saturated heterocycles. The monoisotopic (exact) mass is 415 g/mol. The van der Waals surface area contributed by atoms with Gasteiger partial charge in [0.2, 0.25) is 5.95 Å². The third-order valence-corrected chi connectivity index (χ3v) is 4.20. The highest BCUT2D eigenvalue weighted by Crippen LogP contribution is 2.17. The quantitative estimate of drug-likeness (QED) is 0.668. The molecule has 2 aromatic heterocycles. The Balaban J connectivity index is 1.95. The fourth-order valence-electron chi connectivity index (χ4n) is 2.52. The van der Waals surface area contributed by atoms with Crippen LogP contribution in [-0.2, 0) is 6.42 Å². The third kappa shape index (κ3) is 4.08. The van der Waals surface area contributed by atoms with Gasteiger partial charge < -0.3 is 5.32 Å². The predicted octanol–water partition coefficient (Wildman–Crippen LogP) is 3.23. The number of aromatic nitrogens is 4. The molecule has 0 unspecified atom stereocenters. The van der Waals surface area contributed by atoms with E-state index >= 15 is 0 Å². The molecule has 3 rings (SSSR count). The van der Waals surface area contributed by atoms with Gasteiger partial charge in [0.25, 0.3) is 11.5 Å². The number of rotatable bonds is 5. The molecular formula is C18H18BrN5O2. The Kier molecular flexibility index (Phi) is 5.32. The molecule has 3 aromatic rings. The van der Waals surface area contributed by atoms with E-state index in [-0.39, 0.29) is 17.4 Å². The minimum Gasteiger partial charge on any atom is -0.306 e. The van der Waals surface area contributed by atoms with Crippen molar-refractivity contribution >= 4 is 27.7 Å². The molecule has 0 atom stereocenters. The van der Waals surface area contributed by atoms with Gasteiger partial charge in [-0.2, -0.15) is 9.78 Å². The van der Waals surface area contributed by atoms with Crippen LogP contribution in [0.5, 0.6) is 0 Å². The highest BCUT2D eigenvalue weighted by Gasteiger charge is 2.14. The zero-order valence-electron chi connectivity index (χ0n) is 14.4. The zero-order valence-corrected chi connectivity index (χ0v) is 16.0. The lowest BCUT2D eigenvalue weighted by Crippen LogP contribution is -2.19. The van der Waals surface area contributed by atoms with Crippen LogP contribution in [-0.4, -0.2) is 25.7 Å². The molecule has 0 bridgehead atoms. The van der Waals surface area contributed by atoms with Crippen LogP contribution in [0.2, 0.25) is 0 Å². The van der Waals surface area contributed by atoms with Gasteiger partial charge in [0.05, 0.1) is 5.69 Å². The number of aromatic amines is 1. The lowest BCUT2D eigenvalue weighted by molar-refractivity contribution is 0.102. The van der Waals surface area contributed by atoms with E-state index in [0.717, 1.165) is 10.9 Å². The Morgan fingerprint density at radius 1 is 1.27 bits per heavy atom. The first-order chi connectivity index (χ1) is 12.5. The van der Waals surface area contributed by atoms with Gasteiger partial charge in [-0.25, -0.2) is 4.98 Å². The number of H-pyrrole nitrogens is 1. The number of halogens is 1. The number of nitrogens with one attached hydrogen (secondary N) is 2. The Morgan fingerprint density at radius 3 is 2.69 bits per heavy atom. The summed E-state index contributed by atoms with van der Waals surface area (Å²) in [5.74, 6) is 0.443. The minimum atomic E-state index is -0.272. The third-order valence-electron chi connectivity index (χ3n) is 3.67. The number of hydrogen-bond donors (Lipinski definition) is 2. The van der Waals surface area contributed by atoms with Gasteiger partial charge in [0.1, 0.15) is 5.82 Å². The molecule has 0 aliphatic heterocycles. The average molecular weight is 416 g/mol. The number of carbonyl (C=O) groups is 1. The van der Waals surface area contributed by atoms with Gasteiger partial charge in [-0.1, -0.05) is 29.3 Å². The van der Waals surface area contributed by atoms with E-state index in [1.807, 2.05) is 6.92 Å². The predicted molar refractivity (Wildman–Crippen MR) is 103 cm³/mol. The summed E-state index contributed by atoms with van der Waals surface area (Å²) in [7, 11) is 0. The Hall–Kier alpha value is -2.74.